The number of hydrogen-bond acceptors (Lipinski definition) is 3. The van der Waals surface area contributed by atoms with Crippen molar-refractivity contribution >= 4 is 46.6 Å². The Balaban J connectivity index is 1.99. The van der Waals surface area contributed by atoms with Crippen LogP contribution in [-0.4, -0.2) is 17.7 Å². The number of benzene rings is 2. The van der Waals surface area contributed by atoms with E-state index in [-0.39, 0.29) is 10.6 Å². The van der Waals surface area contributed by atoms with E-state index in [2.05, 4.69) is 5.32 Å². The van der Waals surface area contributed by atoms with E-state index in [9.17, 15) is 14.4 Å². The lowest BCUT2D eigenvalue weighted by molar-refractivity contribution is -0.135. The number of carbonyl (C=O) groups excluding carboxylic acids is 3. The van der Waals surface area contributed by atoms with Crippen LogP contribution in [0.1, 0.15) is 10.4 Å². The highest BCUT2D eigenvalue weighted by molar-refractivity contribution is 6.43. The highest BCUT2D eigenvalue weighted by Crippen LogP contribution is 2.15. The minimum absolute atomic E-state index is 0.108. The summed E-state index contributed by atoms with van der Waals surface area (Å²) in [5, 5.41) is 5.00. The molecular formula is C15H10Cl2N2O3. The second-order valence-corrected chi connectivity index (χ2v) is 5.07. The maximum Gasteiger partial charge on any atom is 0.316 e. The van der Waals surface area contributed by atoms with Gasteiger partial charge in [-0.1, -0.05) is 35.3 Å². The Hall–Kier alpha value is -2.37. The Labute approximate surface area is 136 Å². The number of halogens is 2. The average Bonchev–Trinajstić information content (AvgIpc) is 2.49. The first kappa shape index (κ1) is 16.0. The van der Waals surface area contributed by atoms with Gasteiger partial charge in [-0.25, -0.2) is 0 Å². The van der Waals surface area contributed by atoms with Gasteiger partial charge in [0, 0.05) is 10.7 Å². The van der Waals surface area contributed by atoms with Crippen LogP contribution in [0.15, 0.2) is 48.5 Å². The van der Waals surface area contributed by atoms with Crippen LogP contribution in [0.5, 0.6) is 0 Å². The van der Waals surface area contributed by atoms with Gasteiger partial charge in [-0.2, -0.15) is 0 Å². The fourth-order valence-corrected chi connectivity index (χ4v) is 1.94. The number of imide groups is 1. The van der Waals surface area contributed by atoms with E-state index in [0.29, 0.717) is 10.7 Å². The van der Waals surface area contributed by atoms with Crippen molar-refractivity contribution in [3.05, 3.63) is 64.1 Å². The molecule has 5 nitrogen and oxygen atoms in total. The molecule has 3 amide bonds. The summed E-state index contributed by atoms with van der Waals surface area (Å²) in [5.41, 5.74) is 0.492. The van der Waals surface area contributed by atoms with Crippen LogP contribution in [0.25, 0.3) is 0 Å². The topological polar surface area (TPSA) is 75.3 Å². The van der Waals surface area contributed by atoms with Crippen LogP contribution >= 0.6 is 23.2 Å². The molecule has 0 radical (unpaired) electrons. The molecule has 2 aromatic rings. The van der Waals surface area contributed by atoms with Gasteiger partial charge >= 0.3 is 11.8 Å². The molecule has 2 rings (SSSR count). The van der Waals surface area contributed by atoms with Crippen molar-refractivity contribution in [2.24, 2.45) is 0 Å². The van der Waals surface area contributed by atoms with Crippen molar-refractivity contribution < 1.29 is 14.4 Å². The molecule has 0 saturated heterocycles. The van der Waals surface area contributed by atoms with E-state index in [0.717, 1.165) is 0 Å². The summed E-state index contributed by atoms with van der Waals surface area (Å²) in [6.07, 6.45) is 0. The summed E-state index contributed by atoms with van der Waals surface area (Å²) in [6, 6.07) is 12.4. The van der Waals surface area contributed by atoms with Gasteiger partial charge in [0.2, 0.25) is 0 Å². The van der Waals surface area contributed by atoms with Crippen LogP contribution in [-0.2, 0) is 9.59 Å². The Bertz CT molecular complexity index is 730. The van der Waals surface area contributed by atoms with E-state index >= 15 is 0 Å². The first-order chi connectivity index (χ1) is 10.5. The van der Waals surface area contributed by atoms with Crippen LogP contribution in [0, 0.1) is 0 Å². The minimum Gasteiger partial charge on any atom is -0.318 e. The molecule has 0 fully saturated rings. The van der Waals surface area contributed by atoms with Gasteiger partial charge in [0.05, 0.1) is 10.6 Å². The predicted octanol–water partition coefficient (Wildman–Crippen LogP) is 2.89. The molecule has 0 unspecified atom stereocenters. The molecule has 0 heterocycles. The largest absolute Gasteiger partial charge is 0.318 e. The van der Waals surface area contributed by atoms with Crippen molar-refractivity contribution in [3.8, 4) is 0 Å². The average molecular weight is 337 g/mol. The van der Waals surface area contributed by atoms with Crippen molar-refractivity contribution in [3.63, 3.8) is 0 Å². The third-order valence-electron chi connectivity index (χ3n) is 2.65. The molecule has 0 aliphatic carbocycles. The van der Waals surface area contributed by atoms with E-state index in [4.69, 9.17) is 23.2 Å². The number of carbonyl (C=O) groups is 3. The summed E-state index contributed by atoms with van der Waals surface area (Å²) >= 11 is 11.6. The van der Waals surface area contributed by atoms with Gasteiger partial charge in [0.1, 0.15) is 0 Å². The highest BCUT2D eigenvalue weighted by Gasteiger charge is 2.19. The van der Waals surface area contributed by atoms with E-state index in [1.54, 1.807) is 24.3 Å². The summed E-state index contributed by atoms with van der Waals surface area (Å²) < 4.78 is 0. The molecule has 2 aromatic carbocycles. The van der Waals surface area contributed by atoms with Crippen LogP contribution in [0.4, 0.5) is 5.69 Å². The molecule has 0 saturated carbocycles. The fourth-order valence-electron chi connectivity index (χ4n) is 1.59. The third-order valence-corrected chi connectivity index (χ3v) is 3.24. The van der Waals surface area contributed by atoms with Gasteiger partial charge < -0.3 is 5.32 Å². The fraction of sp³-hybridized carbons (Fsp3) is 0. The lowest BCUT2D eigenvalue weighted by atomic mass is 10.2. The second-order valence-electron chi connectivity index (χ2n) is 4.22. The molecule has 2 N–H and O–H groups in total. The third kappa shape index (κ3) is 4.07. The number of anilines is 1. The van der Waals surface area contributed by atoms with E-state index in [1.165, 1.54) is 24.3 Å². The van der Waals surface area contributed by atoms with Crippen molar-refractivity contribution in [1.29, 1.82) is 0 Å². The van der Waals surface area contributed by atoms with Crippen molar-refractivity contribution in [2.45, 2.75) is 0 Å². The van der Waals surface area contributed by atoms with Crippen molar-refractivity contribution in [2.75, 3.05) is 5.32 Å². The Morgan fingerprint density at radius 1 is 0.818 bits per heavy atom. The zero-order valence-corrected chi connectivity index (χ0v) is 12.6. The normalized spacial score (nSPS) is 9.91. The highest BCUT2D eigenvalue weighted by atomic mass is 35.5. The van der Waals surface area contributed by atoms with E-state index in [1.807, 2.05) is 5.32 Å². The quantitative estimate of drug-likeness (QED) is 0.828. The molecule has 0 aromatic heterocycles. The standard InChI is InChI=1S/C15H10Cl2N2O3/c16-9-5-7-10(8-6-9)18-14(21)15(22)19-13(20)11-3-1-2-4-12(11)17/h1-8H,(H,18,21)(H,19,20,22). The molecular weight excluding hydrogens is 327 g/mol. The zero-order valence-electron chi connectivity index (χ0n) is 11.1. The zero-order chi connectivity index (χ0) is 16.1. The van der Waals surface area contributed by atoms with Crippen LogP contribution in [0.2, 0.25) is 10.0 Å². The Morgan fingerprint density at radius 2 is 1.45 bits per heavy atom. The molecule has 0 atom stereocenters. The summed E-state index contributed by atoms with van der Waals surface area (Å²) in [4.78, 5) is 35.3. The number of nitrogens with one attached hydrogen (secondary N) is 2. The first-order valence-corrected chi connectivity index (χ1v) is 6.89. The van der Waals surface area contributed by atoms with Gasteiger partial charge in [-0.15, -0.1) is 0 Å². The van der Waals surface area contributed by atoms with Crippen LogP contribution < -0.4 is 10.6 Å². The number of hydrogen-bond donors (Lipinski definition) is 2. The molecule has 0 spiro atoms. The lowest BCUT2D eigenvalue weighted by Gasteiger charge is -2.06. The molecule has 0 aliphatic rings. The van der Waals surface area contributed by atoms with Crippen molar-refractivity contribution in [1.82, 2.24) is 5.32 Å². The molecule has 0 bridgehead atoms. The molecule has 22 heavy (non-hydrogen) atoms. The number of rotatable bonds is 2. The summed E-state index contributed by atoms with van der Waals surface area (Å²) in [5.74, 6) is -2.80. The van der Waals surface area contributed by atoms with Gasteiger partial charge in [-0.05, 0) is 36.4 Å². The van der Waals surface area contributed by atoms with E-state index < -0.39 is 17.7 Å². The SMILES string of the molecule is O=C(NC(=O)c1ccccc1Cl)C(=O)Nc1ccc(Cl)cc1. The van der Waals surface area contributed by atoms with Gasteiger partial charge in [0.15, 0.2) is 0 Å². The summed E-state index contributed by atoms with van der Waals surface area (Å²) in [6.45, 7) is 0. The Morgan fingerprint density at radius 3 is 2.09 bits per heavy atom. The van der Waals surface area contributed by atoms with Gasteiger partial charge in [-0.3, -0.25) is 19.7 Å². The monoisotopic (exact) mass is 336 g/mol. The Kier molecular flexibility index (Phi) is 5.14. The first-order valence-electron chi connectivity index (χ1n) is 6.14. The molecule has 0 aliphatic heterocycles. The summed E-state index contributed by atoms with van der Waals surface area (Å²) in [7, 11) is 0. The second kappa shape index (κ2) is 7.06. The smallest absolute Gasteiger partial charge is 0.316 e. The lowest BCUT2D eigenvalue weighted by Crippen LogP contribution is -2.39. The molecule has 7 heteroatoms. The maximum absolute atomic E-state index is 11.9. The number of amides is 3. The predicted molar refractivity (Wildman–Crippen MR) is 84.0 cm³/mol. The van der Waals surface area contributed by atoms with Gasteiger partial charge in [0.25, 0.3) is 5.91 Å². The maximum atomic E-state index is 11.9. The molecule has 112 valence electrons. The van der Waals surface area contributed by atoms with Crippen LogP contribution in [0.3, 0.4) is 0 Å². The minimum atomic E-state index is -1.08.